The van der Waals surface area contributed by atoms with Gasteiger partial charge in [-0.3, -0.25) is 43.5 Å². The van der Waals surface area contributed by atoms with Gasteiger partial charge in [0.2, 0.25) is 17.7 Å². The van der Waals surface area contributed by atoms with Crippen molar-refractivity contribution in [2.75, 3.05) is 30.0 Å². The lowest BCUT2D eigenvalue weighted by atomic mass is 9.94. The van der Waals surface area contributed by atoms with Gasteiger partial charge >= 0.3 is 0 Å². The first-order valence-electron chi connectivity index (χ1n) is 20.0. The van der Waals surface area contributed by atoms with E-state index in [1.54, 1.807) is 14.1 Å². The van der Waals surface area contributed by atoms with Crippen molar-refractivity contribution >= 4 is 102 Å². The van der Waals surface area contributed by atoms with Crippen molar-refractivity contribution in [1.82, 2.24) is 0 Å². The third kappa shape index (κ3) is 9.60. The zero-order chi connectivity index (χ0) is 42.1. The fourth-order valence-corrected chi connectivity index (χ4v) is 11.5. The Kier molecular flexibility index (Phi) is 13.9. The average Bonchev–Trinajstić information content (AvgIpc) is 4.09. The molecule has 0 atom stereocenters. The molecule has 3 aromatic rings. The number of aliphatic imine (C=N–C) groups is 2. The molecule has 0 bridgehead atoms. The number of primary amides is 3. The Hall–Kier alpha value is -5.07. The van der Waals surface area contributed by atoms with Gasteiger partial charge in [-0.25, -0.2) is 0 Å². The maximum atomic E-state index is 11.9. The number of hydrogen-bond acceptors (Lipinski definition) is 12. The summed E-state index contributed by atoms with van der Waals surface area (Å²) in [4.78, 5) is 93.8. The van der Waals surface area contributed by atoms with Crippen LogP contribution in [0.5, 0.6) is 0 Å². The molecule has 0 saturated heterocycles. The van der Waals surface area contributed by atoms with Crippen LogP contribution < -0.4 is 33.2 Å². The largest absolute Gasteiger partial charge is 0.365 e. The zero-order valence-corrected chi connectivity index (χ0v) is 35.5. The molecule has 60 heavy (non-hydrogen) atoms. The van der Waals surface area contributed by atoms with E-state index in [1.807, 2.05) is 0 Å². The Balaban J connectivity index is 0.000000150. The lowest BCUT2D eigenvalue weighted by Crippen LogP contribution is -2.19. The van der Waals surface area contributed by atoms with E-state index in [9.17, 15) is 33.6 Å². The van der Waals surface area contributed by atoms with Crippen molar-refractivity contribution < 1.29 is 33.6 Å². The summed E-state index contributed by atoms with van der Waals surface area (Å²) < 4.78 is 0. The molecule has 6 aliphatic carbocycles. The predicted octanol–water partition coefficient (Wildman–Crippen LogP) is 6.25. The number of nitrogens with one attached hydrogen (secondary N) is 3. The van der Waals surface area contributed by atoms with Crippen LogP contribution in [-0.2, 0) is 33.6 Å². The van der Waals surface area contributed by atoms with Crippen molar-refractivity contribution in [3.05, 3.63) is 48.0 Å². The number of anilines is 3. The Labute approximate surface area is 360 Å². The summed E-state index contributed by atoms with van der Waals surface area (Å²) in [5, 5.41) is 10.2. The number of amides is 6. The topological polar surface area (TPSA) is 258 Å². The van der Waals surface area contributed by atoms with Gasteiger partial charge in [0.1, 0.15) is 15.0 Å². The van der Waals surface area contributed by atoms with E-state index in [2.05, 4.69) is 25.9 Å². The molecule has 3 saturated carbocycles. The predicted molar refractivity (Wildman–Crippen MR) is 237 cm³/mol. The van der Waals surface area contributed by atoms with E-state index in [4.69, 9.17) is 17.2 Å². The molecule has 3 aromatic heterocycles. The van der Waals surface area contributed by atoms with E-state index in [0.717, 1.165) is 121 Å². The van der Waals surface area contributed by atoms with E-state index in [1.165, 1.54) is 34.0 Å². The normalized spacial score (nSPS) is 18.9. The molecule has 0 radical (unpaired) electrons. The standard InChI is InChI=1S/2C14H17N3O2S.C13H14N2O3S.CH4/c2*1-16-9-4-2-3-8-10(12(15)18)14(20-11(8)9)17-13(19)7-5-6-7;14-11(17)9-7-2-1-3-8(16)10(7)19-13(9)15-12(18)6-4-5-6;/h2*7H,2-6H2,1H3,(H2,15,18)(H,17,19);6H,1-5H2,(H2,14,17)(H,15,18);1H4. The Morgan fingerprint density at radius 3 is 1.10 bits per heavy atom. The van der Waals surface area contributed by atoms with Gasteiger partial charge in [0.05, 0.1) is 42.7 Å². The molecule has 9 rings (SSSR count). The summed E-state index contributed by atoms with van der Waals surface area (Å²) >= 11 is 4.06. The monoisotopic (exact) mass is 876 g/mol. The lowest BCUT2D eigenvalue weighted by Gasteiger charge is -2.13. The molecule has 3 heterocycles. The number of rotatable bonds is 9. The summed E-state index contributed by atoms with van der Waals surface area (Å²) in [5.41, 5.74) is 22.4. The summed E-state index contributed by atoms with van der Waals surface area (Å²) in [5.74, 6) is -1.27. The molecule has 320 valence electrons. The van der Waals surface area contributed by atoms with Crippen molar-refractivity contribution in [2.24, 2.45) is 44.9 Å². The molecular weight excluding hydrogens is 825 g/mol. The maximum absolute atomic E-state index is 11.9. The molecule has 0 spiro atoms. The fraction of sp³-hybridized carbons (Fsp3) is 0.500. The number of nitrogens with two attached hydrogens (primary N) is 3. The second-order valence-electron chi connectivity index (χ2n) is 15.5. The first kappa shape index (κ1) is 44.5. The Morgan fingerprint density at radius 1 is 0.500 bits per heavy atom. The number of Topliss-reactive ketones (excluding diaryl/α,β-unsaturated/α-hetero) is 1. The second-order valence-corrected chi connectivity index (χ2v) is 18.6. The minimum absolute atomic E-state index is 0. The average molecular weight is 877 g/mol. The number of fused-ring (bicyclic) bond motifs is 3. The van der Waals surface area contributed by atoms with Crippen molar-refractivity contribution in [3.63, 3.8) is 0 Å². The zero-order valence-electron chi connectivity index (χ0n) is 33.0. The van der Waals surface area contributed by atoms with Crippen LogP contribution in [-0.4, -0.2) is 66.7 Å². The number of ketones is 1. The molecule has 6 amide bonds. The van der Waals surface area contributed by atoms with Crippen LogP contribution in [0.3, 0.4) is 0 Å². The fourth-order valence-electron chi connectivity index (χ4n) is 7.59. The summed E-state index contributed by atoms with van der Waals surface area (Å²) in [6.07, 6.45) is 12.8. The summed E-state index contributed by atoms with van der Waals surface area (Å²) in [6, 6.07) is 0. The van der Waals surface area contributed by atoms with Gasteiger partial charge < -0.3 is 33.2 Å². The van der Waals surface area contributed by atoms with E-state index in [-0.39, 0.29) is 48.7 Å². The maximum Gasteiger partial charge on any atom is 0.252 e. The number of carbonyl (C=O) groups excluding carboxylic acids is 7. The van der Waals surface area contributed by atoms with Crippen LogP contribution in [0.15, 0.2) is 9.98 Å². The molecule has 18 heteroatoms. The molecule has 0 unspecified atom stereocenters. The van der Waals surface area contributed by atoms with Crippen LogP contribution in [0.4, 0.5) is 15.0 Å². The van der Waals surface area contributed by atoms with Gasteiger partial charge in [0.15, 0.2) is 5.78 Å². The van der Waals surface area contributed by atoms with E-state index < -0.39 is 17.7 Å². The van der Waals surface area contributed by atoms with Gasteiger partial charge in [-0.2, -0.15) is 0 Å². The highest BCUT2D eigenvalue weighted by molar-refractivity contribution is 7.19. The first-order valence-corrected chi connectivity index (χ1v) is 22.5. The quantitative estimate of drug-likeness (QED) is 0.144. The highest BCUT2D eigenvalue weighted by Crippen LogP contribution is 2.42. The van der Waals surface area contributed by atoms with E-state index >= 15 is 0 Å². The third-order valence-corrected chi connectivity index (χ3v) is 14.7. The number of carbonyl (C=O) groups is 7. The molecular formula is C42H52N8O7S3. The van der Waals surface area contributed by atoms with Crippen LogP contribution in [0.2, 0.25) is 0 Å². The van der Waals surface area contributed by atoms with Crippen molar-refractivity contribution in [3.8, 4) is 0 Å². The molecule has 0 aliphatic heterocycles. The lowest BCUT2D eigenvalue weighted by molar-refractivity contribution is -0.118. The number of nitrogens with zero attached hydrogens (tertiary/aromatic N) is 2. The SMILES string of the molecule is C.CN=C1CCCc2c1sc(NC(=O)C1CC1)c2C(N)=O.CN=C1CCCc2c1sc(NC(=O)C1CC1)c2C(N)=O.NC(=O)c1c(NC(=O)C2CC2)sc2c1CCCC2=O. The smallest absolute Gasteiger partial charge is 0.252 e. The molecule has 6 aliphatic rings. The van der Waals surface area contributed by atoms with Crippen LogP contribution >= 0.6 is 34.0 Å². The van der Waals surface area contributed by atoms with Gasteiger partial charge in [0.25, 0.3) is 17.7 Å². The number of hydrogen-bond donors (Lipinski definition) is 6. The van der Waals surface area contributed by atoms with Gasteiger partial charge in [-0.1, -0.05) is 7.43 Å². The molecule has 3 fully saturated rings. The minimum atomic E-state index is -0.571. The summed E-state index contributed by atoms with van der Waals surface area (Å²) in [6.45, 7) is 0. The number of thiophene rings is 3. The highest BCUT2D eigenvalue weighted by atomic mass is 32.1. The minimum Gasteiger partial charge on any atom is -0.365 e. The molecule has 0 aromatic carbocycles. The Morgan fingerprint density at radius 2 is 0.800 bits per heavy atom. The molecule has 15 nitrogen and oxygen atoms in total. The highest BCUT2D eigenvalue weighted by Gasteiger charge is 2.36. The van der Waals surface area contributed by atoms with Crippen molar-refractivity contribution in [1.29, 1.82) is 0 Å². The van der Waals surface area contributed by atoms with Gasteiger partial charge in [0, 0.05) is 38.3 Å². The third-order valence-electron chi connectivity index (χ3n) is 11.1. The van der Waals surface area contributed by atoms with Crippen molar-refractivity contribution in [2.45, 2.75) is 104 Å². The van der Waals surface area contributed by atoms with Crippen LogP contribution in [0, 0.1) is 17.8 Å². The summed E-state index contributed by atoms with van der Waals surface area (Å²) in [7, 11) is 3.52. The molecule has 9 N–H and O–H groups in total. The van der Waals surface area contributed by atoms with Crippen LogP contribution in [0.25, 0.3) is 0 Å². The van der Waals surface area contributed by atoms with E-state index in [0.29, 0.717) is 49.4 Å². The first-order chi connectivity index (χ1) is 28.3. The van der Waals surface area contributed by atoms with Gasteiger partial charge in [-0.15, -0.1) is 34.0 Å². The van der Waals surface area contributed by atoms with Crippen LogP contribution in [0.1, 0.15) is 152 Å². The Bertz CT molecular complexity index is 2220. The second kappa shape index (κ2) is 18.7. The van der Waals surface area contributed by atoms with Gasteiger partial charge in [-0.05, 0) is 107 Å².